The zero-order chi connectivity index (χ0) is 21.9. The third kappa shape index (κ3) is 5.15. The van der Waals surface area contributed by atoms with Gasteiger partial charge in [-0.3, -0.25) is 14.4 Å². The number of hydrogen-bond donors (Lipinski definition) is 2. The lowest BCUT2D eigenvalue weighted by atomic mass is 10.1. The van der Waals surface area contributed by atoms with E-state index in [2.05, 4.69) is 10.6 Å². The molecule has 2 rings (SSSR count). The Balaban J connectivity index is 2.34. The number of anilines is 2. The van der Waals surface area contributed by atoms with Crippen LogP contribution in [-0.2, 0) is 14.4 Å². The zero-order valence-electron chi connectivity index (χ0n) is 17.4. The average molecular weight is 424 g/mol. The van der Waals surface area contributed by atoms with Crippen molar-refractivity contribution in [3.8, 4) is 0 Å². The van der Waals surface area contributed by atoms with Crippen LogP contribution in [0.25, 0.3) is 0 Å². The molecule has 6 nitrogen and oxygen atoms in total. The van der Waals surface area contributed by atoms with Crippen LogP contribution in [0.3, 0.4) is 0 Å². The van der Waals surface area contributed by atoms with E-state index in [1.807, 2.05) is 20.8 Å². The molecule has 1 heterocycles. The molecule has 29 heavy (non-hydrogen) atoms. The first-order valence-corrected chi connectivity index (χ1v) is 10.0. The molecule has 0 saturated carbocycles. The van der Waals surface area contributed by atoms with Gasteiger partial charge in [-0.1, -0.05) is 37.9 Å². The Morgan fingerprint density at radius 3 is 2.45 bits per heavy atom. The minimum atomic E-state index is -0.783. The van der Waals surface area contributed by atoms with Gasteiger partial charge in [0, 0.05) is 12.1 Å². The molecule has 1 unspecified atom stereocenters. The Labute approximate surface area is 175 Å². The van der Waals surface area contributed by atoms with Crippen molar-refractivity contribution < 1.29 is 18.8 Å². The molecule has 0 aliphatic carbocycles. The summed E-state index contributed by atoms with van der Waals surface area (Å²) in [6, 6.07) is 1.75. The van der Waals surface area contributed by atoms with E-state index < -0.39 is 23.7 Å². The summed E-state index contributed by atoms with van der Waals surface area (Å²) in [5.41, 5.74) is 1.17. The molecule has 1 aromatic carbocycles. The molecule has 3 amide bonds. The van der Waals surface area contributed by atoms with Crippen LogP contribution in [0.2, 0.25) is 5.02 Å². The van der Waals surface area contributed by atoms with E-state index in [0.717, 1.165) is 11.0 Å². The average Bonchev–Trinajstić information content (AvgIpc) is 2.94. The SMILES string of the molecule is CCC(Nc1cc(N2C(=O)CC(=C(C)C)C2=O)c(F)cc1Cl)C(=O)NCC(C)C. The van der Waals surface area contributed by atoms with Crippen molar-refractivity contribution in [2.45, 2.75) is 53.5 Å². The van der Waals surface area contributed by atoms with E-state index in [9.17, 15) is 18.8 Å². The fourth-order valence-corrected chi connectivity index (χ4v) is 3.18. The smallest absolute Gasteiger partial charge is 0.261 e. The van der Waals surface area contributed by atoms with Crippen LogP contribution >= 0.6 is 11.6 Å². The van der Waals surface area contributed by atoms with Gasteiger partial charge in [-0.25, -0.2) is 9.29 Å². The number of amides is 3. The Morgan fingerprint density at radius 2 is 1.93 bits per heavy atom. The predicted octanol–water partition coefficient (Wildman–Crippen LogP) is 4.04. The van der Waals surface area contributed by atoms with E-state index in [1.54, 1.807) is 13.8 Å². The Morgan fingerprint density at radius 1 is 1.28 bits per heavy atom. The van der Waals surface area contributed by atoms with E-state index in [1.165, 1.54) is 6.07 Å². The van der Waals surface area contributed by atoms with E-state index in [4.69, 9.17) is 11.6 Å². The monoisotopic (exact) mass is 423 g/mol. The van der Waals surface area contributed by atoms with Crippen molar-refractivity contribution in [1.29, 1.82) is 0 Å². The number of nitrogens with zero attached hydrogens (tertiary/aromatic N) is 1. The van der Waals surface area contributed by atoms with E-state index in [0.29, 0.717) is 30.0 Å². The third-order valence-electron chi connectivity index (χ3n) is 4.66. The van der Waals surface area contributed by atoms with Crippen LogP contribution in [0, 0.1) is 11.7 Å². The molecule has 1 aromatic rings. The number of carbonyl (C=O) groups is 3. The molecular weight excluding hydrogens is 397 g/mol. The molecule has 1 atom stereocenters. The largest absolute Gasteiger partial charge is 0.372 e. The maximum absolute atomic E-state index is 14.6. The topological polar surface area (TPSA) is 78.5 Å². The fraction of sp³-hybridized carbons (Fsp3) is 0.476. The molecule has 1 aliphatic rings. The predicted molar refractivity (Wildman–Crippen MR) is 112 cm³/mol. The molecule has 2 N–H and O–H groups in total. The second-order valence-electron chi connectivity index (χ2n) is 7.72. The van der Waals surface area contributed by atoms with Gasteiger partial charge in [0.25, 0.3) is 5.91 Å². The first-order chi connectivity index (χ1) is 13.6. The van der Waals surface area contributed by atoms with Crippen LogP contribution in [0.5, 0.6) is 0 Å². The normalized spacial score (nSPS) is 15.2. The molecule has 1 saturated heterocycles. The van der Waals surface area contributed by atoms with Gasteiger partial charge in [0.2, 0.25) is 11.8 Å². The van der Waals surface area contributed by atoms with Crippen molar-refractivity contribution >= 4 is 40.7 Å². The molecule has 0 aromatic heterocycles. The van der Waals surface area contributed by atoms with Crippen molar-refractivity contribution in [2.75, 3.05) is 16.8 Å². The first kappa shape index (κ1) is 22.9. The second kappa shape index (κ2) is 9.39. The Bertz CT molecular complexity index is 863. The van der Waals surface area contributed by atoms with Gasteiger partial charge in [-0.15, -0.1) is 0 Å². The van der Waals surface area contributed by atoms with Crippen molar-refractivity contribution in [3.05, 3.63) is 34.1 Å². The van der Waals surface area contributed by atoms with E-state index >= 15 is 0 Å². The number of benzene rings is 1. The molecule has 158 valence electrons. The van der Waals surface area contributed by atoms with Crippen molar-refractivity contribution in [2.24, 2.45) is 5.92 Å². The van der Waals surface area contributed by atoms with Gasteiger partial charge in [0.1, 0.15) is 11.9 Å². The highest BCUT2D eigenvalue weighted by molar-refractivity contribution is 6.34. The lowest BCUT2D eigenvalue weighted by molar-refractivity contribution is -0.122. The number of allylic oxidation sites excluding steroid dienone is 1. The first-order valence-electron chi connectivity index (χ1n) is 9.63. The van der Waals surface area contributed by atoms with E-state index in [-0.39, 0.29) is 28.7 Å². The number of halogens is 2. The molecule has 0 spiro atoms. The molecule has 1 aliphatic heterocycles. The van der Waals surface area contributed by atoms with Crippen molar-refractivity contribution in [3.63, 3.8) is 0 Å². The minimum absolute atomic E-state index is 0.0582. The molecular formula is C21H27ClFN3O3. The van der Waals surface area contributed by atoms with Crippen LogP contribution in [0.4, 0.5) is 15.8 Å². The number of rotatable bonds is 7. The lowest BCUT2D eigenvalue weighted by Gasteiger charge is -2.22. The highest BCUT2D eigenvalue weighted by Crippen LogP contribution is 2.35. The molecule has 8 heteroatoms. The van der Waals surface area contributed by atoms with Crippen LogP contribution in [0.15, 0.2) is 23.3 Å². The quantitative estimate of drug-likeness (QED) is 0.512. The number of imide groups is 1. The fourth-order valence-electron chi connectivity index (χ4n) is 2.98. The molecule has 0 bridgehead atoms. The second-order valence-corrected chi connectivity index (χ2v) is 8.12. The maximum atomic E-state index is 14.6. The van der Waals surface area contributed by atoms with Crippen LogP contribution in [-0.4, -0.2) is 30.3 Å². The summed E-state index contributed by atoms with van der Waals surface area (Å²) in [6.07, 6.45) is 0.400. The number of hydrogen-bond acceptors (Lipinski definition) is 4. The number of carbonyl (C=O) groups excluding carboxylic acids is 3. The zero-order valence-corrected chi connectivity index (χ0v) is 18.1. The summed E-state index contributed by atoms with van der Waals surface area (Å²) in [4.78, 5) is 38.2. The Kier molecular flexibility index (Phi) is 7.41. The standard InChI is InChI=1S/C21H27ClFN3O3/c1-6-16(20(28)24-10-11(2)3)25-17-9-18(15(23)8-14(17)22)26-19(27)7-13(12(4)5)21(26)29/h8-9,11,16,25H,6-7,10H2,1-5H3,(H,24,28). The summed E-state index contributed by atoms with van der Waals surface area (Å²) in [7, 11) is 0. The van der Waals surface area contributed by atoms with Gasteiger partial charge >= 0.3 is 0 Å². The summed E-state index contributed by atoms with van der Waals surface area (Å²) >= 11 is 6.16. The van der Waals surface area contributed by atoms with Crippen molar-refractivity contribution in [1.82, 2.24) is 5.32 Å². The summed E-state index contributed by atoms with van der Waals surface area (Å²) in [5.74, 6) is -1.73. The van der Waals surface area contributed by atoms with Gasteiger partial charge < -0.3 is 10.6 Å². The molecule has 0 radical (unpaired) electrons. The minimum Gasteiger partial charge on any atom is -0.372 e. The van der Waals surface area contributed by atoms with Gasteiger partial charge in [-0.05, 0) is 38.3 Å². The third-order valence-corrected chi connectivity index (χ3v) is 4.97. The highest BCUT2D eigenvalue weighted by atomic mass is 35.5. The Hall–Kier alpha value is -2.41. The van der Waals surface area contributed by atoms with Gasteiger partial charge in [-0.2, -0.15) is 0 Å². The van der Waals surface area contributed by atoms with Gasteiger partial charge in [0.15, 0.2) is 0 Å². The summed E-state index contributed by atoms with van der Waals surface area (Å²) in [5, 5.41) is 5.90. The van der Waals surface area contributed by atoms with Crippen LogP contribution in [0.1, 0.15) is 47.5 Å². The van der Waals surface area contributed by atoms with Gasteiger partial charge in [0.05, 0.1) is 22.8 Å². The summed E-state index contributed by atoms with van der Waals surface area (Å²) in [6.45, 7) is 9.81. The maximum Gasteiger partial charge on any atom is 0.261 e. The van der Waals surface area contributed by atoms with Crippen LogP contribution < -0.4 is 15.5 Å². The number of nitrogens with one attached hydrogen (secondary N) is 2. The highest BCUT2D eigenvalue weighted by Gasteiger charge is 2.37. The summed E-state index contributed by atoms with van der Waals surface area (Å²) < 4.78 is 14.6. The molecule has 1 fully saturated rings. The lowest BCUT2D eigenvalue weighted by Crippen LogP contribution is -2.40.